The number of hydrogen-bond donors (Lipinski definition) is 3. The average Bonchev–Trinajstić information content (AvgIpc) is 3.90. The molecular weight excluding hydrogens is 741 g/mol. The third-order valence-corrected chi connectivity index (χ3v) is 12.2. The molecule has 0 aromatic carbocycles. The first-order chi connectivity index (χ1) is 28.1. The van der Waals surface area contributed by atoms with Crippen LogP contribution in [0.5, 0.6) is 0 Å². The fraction of sp³-hybridized carbons (Fsp3) is 0.864. The molecule has 2 atom stereocenters. The van der Waals surface area contributed by atoms with Crippen LogP contribution < -0.4 is 10.6 Å². The van der Waals surface area contributed by atoms with Gasteiger partial charge in [-0.1, -0.05) is 100 Å². The van der Waals surface area contributed by atoms with Gasteiger partial charge in [0.1, 0.15) is 5.60 Å². The highest BCUT2D eigenvalue weighted by Crippen LogP contribution is 2.33. The van der Waals surface area contributed by atoms with E-state index in [0.717, 1.165) is 89.6 Å². The Hall–Kier alpha value is -2.94. The second-order valence-electron chi connectivity index (χ2n) is 18.3. The highest BCUT2D eigenvalue weighted by atomic mass is 16.6. The molecule has 0 bridgehead atoms. The second kappa shape index (κ2) is 25.0. The fourth-order valence-corrected chi connectivity index (χ4v) is 8.96. The van der Waals surface area contributed by atoms with Gasteiger partial charge in [-0.05, 0) is 71.1 Å². The number of rotatable bonds is 20. The van der Waals surface area contributed by atoms with Gasteiger partial charge in [0.05, 0.1) is 25.9 Å². The summed E-state index contributed by atoms with van der Waals surface area (Å²) in [7, 11) is 0. The number of carbonyl (C=O) groups is 2. The van der Waals surface area contributed by atoms with E-state index in [1.807, 2.05) is 20.8 Å². The van der Waals surface area contributed by atoms with Crippen molar-refractivity contribution in [3.05, 3.63) is 23.4 Å². The van der Waals surface area contributed by atoms with E-state index < -0.39 is 11.6 Å². The van der Waals surface area contributed by atoms with Crippen LogP contribution in [0, 0.1) is 11.8 Å². The molecule has 6 rings (SSSR count). The molecule has 2 saturated carbocycles. The molecule has 0 spiro atoms. The van der Waals surface area contributed by atoms with Gasteiger partial charge in [0.15, 0.2) is 11.6 Å². The van der Waals surface area contributed by atoms with Crippen molar-refractivity contribution in [1.82, 2.24) is 30.9 Å². The molecule has 2 aromatic heterocycles. The first-order valence-electron chi connectivity index (χ1n) is 22.8. The number of aliphatic carboxylic acids is 1. The molecule has 4 heterocycles. The van der Waals surface area contributed by atoms with Gasteiger partial charge in [-0.2, -0.15) is 9.97 Å². The van der Waals surface area contributed by atoms with Crippen molar-refractivity contribution in [3.63, 3.8) is 0 Å². The first-order valence-corrected chi connectivity index (χ1v) is 22.8. The van der Waals surface area contributed by atoms with Crippen LogP contribution in [0.2, 0.25) is 0 Å². The van der Waals surface area contributed by atoms with Crippen LogP contribution >= 0.6 is 0 Å². The second-order valence-corrected chi connectivity index (χ2v) is 18.3. The summed E-state index contributed by atoms with van der Waals surface area (Å²) in [5.74, 6) is 2.68. The Morgan fingerprint density at radius 1 is 0.672 bits per heavy atom. The van der Waals surface area contributed by atoms with Crippen LogP contribution in [0.4, 0.5) is 0 Å². The Bertz CT molecular complexity index is 1440. The highest BCUT2D eigenvalue weighted by Gasteiger charge is 2.27. The number of carboxylic acids is 1. The topological polar surface area (TPSA) is 184 Å². The largest absolute Gasteiger partial charge is 0.481 e. The van der Waals surface area contributed by atoms with Crippen molar-refractivity contribution in [1.29, 1.82) is 0 Å². The predicted molar refractivity (Wildman–Crippen MR) is 219 cm³/mol. The van der Waals surface area contributed by atoms with E-state index >= 15 is 0 Å². The van der Waals surface area contributed by atoms with Crippen LogP contribution in [0.25, 0.3) is 0 Å². The number of ether oxygens (including phenoxy) is 3. The van der Waals surface area contributed by atoms with E-state index in [0.29, 0.717) is 48.6 Å². The molecule has 2 aliphatic heterocycles. The maximum atomic E-state index is 12.5. The summed E-state index contributed by atoms with van der Waals surface area (Å²) in [4.78, 5) is 32.9. The van der Waals surface area contributed by atoms with Crippen molar-refractivity contribution in [2.24, 2.45) is 11.8 Å². The Kier molecular flexibility index (Phi) is 19.9. The number of carboxylic acid groups (broad SMARTS) is 1. The first kappa shape index (κ1) is 46.1. The third kappa shape index (κ3) is 17.7. The van der Waals surface area contributed by atoms with Crippen LogP contribution in [-0.2, 0) is 36.9 Å². The fourth-order valence-electron chi connectivity index (χ4n) is 8.96. The van der Waals surface area contributed by atoms with Gasteiger partial charge in [0.25, 0.3) is 0 Å². The molecule has 58 heavy (non-hydrogen) atoms. The van der Waals surface area contributed by atoms with Gasteiger partial charge in [0.2, 0.25) is 11.8 Å². The molecule has 4 fully saturated rings. The van der Waals surface area contributed by atoms with Crippen LogP contribution in [0.15, 0.2) is 9.05 Å². The van der Waals surface area contributed by atoms with Gasteiger partial charge in [-0.15, -0.1) is 0 Å². The zero-order chi connectivity index (χ0) is 41.0. The highest BCUT2D eigenvalue weighted by molar-refractivity contribution is 5.70. The normalized spacial score (nSPS) is 20.3. The SMILES string of the molecule is CC(C)(C)OC(=O)C[C@@H](CCCC1CCCCC1)c1nc(CNC2CCOCC2)no1.O=C(O)C[C@@H](CCCC1CCCCC1)c1nc(CNC2CCOCC2)no1. The van der Waals surface area contributed by atoms with Crippen molar-refractivity contribution >= 4 is 11.9 Å². The minimum Gasteiger partial charge on any atom is -0.481 e. The molecule has 3 N–H and O–H groups in total. The van der Waals surface area contributed by atoms with Gasteiger partial charge in [0, 0.05) is 50.3 Å². The lowest BCUT2D eigenvalue weighted by Crippen LogP contribution is -2.34. The minimum absolute atomic E-state index is 0.0553. The van der Waals surface area contributed by atoms with E-state index in [-0.39, 0.29) is 30.6 Å². The summed E-state index contributed by atoms with van der Waals surface area (Å²) in [6.07, 6.45) is 24.0. The molecule has 14 heteroatoms. The number of aromatic nitrogens is 4. The van der Waals surface area contributed by atoms with Crippen molar-refractivity contribution in [2.45, 2.75) is 205 Å². The molecule has 14 nitrogen and oxygen atoms in total. The molecule has 2 aliphatic carbocycles. The Labute approximate surface area is 346 Å². The predicted octanol–water partition coefficient (Wildman–Crippen LogP) is 8.55. The zero-order valence-corrected chi connectivity index (χ0v) is 35.9. The number of carbonyl (C=O) groups excluding carboxylic acids is 1. The van der Waals surface area contributed by atoms with Crippen LogP contribution in [0.3, 0.4) is 0 Å². The van der Waals surface area contributed by atoms with Gasteiger partial charge >= 0.3 is 11.9 Å². The monoisotopic (exact) mass is 815 g/mol. The standard InChI is InChI=1S/C24H41N3O4.C20H33N3O4/c1-24(2,3)30-22(28)16-19(11-7-10-18-8-5-4-6-9-18)23-26-21(27-31-23)17-25-20-12-14-29-15-13-20;24-19(25)13-16(8-4-7-15-5-2-1-3-6-15)20-22-18(23-27-20)14-21-17-9-11-26-12-10-17/h18-20,25H,4-17H2,1-3H3;15-17,21H,1-14H2,(H,24,25)/t19-;16-/m11/s1. The zero-order valence-electron chi connectivity index (χ0n) is 35.9. The lowest BCUT2D eigenvalue weighted by atomic mass is 9.84. The van der Waals surface area contributed by atoms with Gasteiger partial charge in [-0.25, -0.2) is 0 Å². The molecule has 2 aromatic rings. The summed E-state index contributed by atoms with van der Waals surface area (Å²) >= 11 is 0. The molecule has 0 radical (unpaired) electrons. The van der Waals surface area contributed by atoms with Crippen LogP contribution in [-0.4, -0.2) is 81.4 Å². The smallest absolute Gasteiger partial charge is 0.307 e. The molecule has 328 valence electrons. The lowest BCUT2D eigenvalue weighted by Gasteiger charge is -2.23. The van der Waals surface area contributed by atoms with E-state index in [1.165, 1.54) is 77.0 Å². The number of esters is 1. The third-order valence-electron chi connectivity index (χ3n) is 12.2. The summed E-state index contributed by atoms with van der Waals surface area (Å²) in [6.45, 7) is 10.0. The van der Waals surface area contributed by atoms with Crippen LogP contribution in [0.1, 0.15) is 197 Å². The maximum Gasteiger partial charge on any atom is 0.307 e. The molecule has 4 aliphatic rings. The Morgan fingerprint density at radius 2 is 1.10 bits per heavy atom. The molecule has 0 amide bonds. The van der Waals surface area contributed by atoms with Crippen molar-refractivity contribution in [3.8, 4) is 0 Å². The maximum absolute atomic E-state index is 12.5. The summed E-state index contributed by atoms with van der Waals surface area (Å²) in [6, 6.07) is 0.856. The van der Waals surface area contributed by atoms with Gasteiger partial charge < -0.3 is 39.0 Å². The van der Waals surface area contributed by atoms with E-state index in [9.17, 15) is 14.7 Å². The summed E-state index contributed by atoms with van der Waals surface area (Å²) < 4.78 is 27.4. The van der Waals surface area contributed by atoms with E-state index in [4.69, 9.17) is 23.3 Å². The molecule has 0 unspecified atom stereocenters. The van der Waals surface area contributed by atoms with E-state index in [1.54, 1.807) is 0 Å². The van der Waals surface area contributed by atoms with Crippen molar-refractivity contribution < 1.29 is 38.0 Å². The average molecular weight is 815 g/mol. The Balaban J connectivity index is 0.000000223. The number of hydrogen-bond acceptors (Lipinski definition) is 13. The number of nitrogens with zero attached hydrogens (tertiary/aromatic N) is 4. The quantitative estimate of drug-likeness (QED) is 0.108. The van der Waals surface area contributed by atoms with Gasteiger partial charge in [-0.3, -0.25) is 9.59 Å². The molecule has 2 saturated heterocycles. The van der Waals surface area contributed by atoms with E-state index in [2.05, 4.69) is 30.9 Å². The summed E-state index contributed by atoms with van der Waals surface area (Å²) in [5, 5.41) is 24.4. The molecular formula is C44H74N6O8. The lowest BCUT2D eigenvalue weighted by molar-refractivity contribution is -0.155. The Morgan fingerprint density at radius 3 is 1.52 bits per heavy atom. The number of nitrogens with one attached hydrogen (secondary N) is 2. The summed E-state index contributed by atoms with van der Waals surface area (Å²) in [5.41, 5.74) is -0.489. The minimum atomic E-state index is -0.808. The van der Waals surface area contributed by atoms with Crippen molar-refractivity contribution in [2.75, 3.05) is 26.4 Å².